The van der Waals surface area contributed by atoms with Crippen LogP contribution in [0.2, 0.25) is 0 Å². The molecule has 0 spiro atoms. The first-order valence-corrected chi connectivity index (χ1v) is 6.55. The van der Waals surface area contributed by atoms with E-state index in [0.717, 1.165) is 11.3 Å². The number of alkyl halides is 1. The number of para-hydroxylation sites is 1. The molecule has 3 heteroatoms. The van der Waals surface area contributed by atoms with Gasteiger partial charge in [-0.3, -0.25) is 4.79 Å². The average molecular weight is 264 g/mol. The van der Waals surface area contributed by atoms with Gasteiger partial charge in [0, 0.05) is 5.56 Å². The van der Waals surface area contributed by atoms with E-state index in [1.807, 2.05) is 38.1 Å². The molecule has 18 heavy (non-hydrogen) atoms. The van der Waals surface area contributed by atoms with Crippen LogP contribution in [0.1, 0.15) is 33.3 Å². The van der Waals surface area contributed by atoms with E-state index >= 15 is 0 Å². The Labute approximate surface area is 113 Å². The molecule has 0 radical (unpaired) electrons. The maximum Gasteiger partial charge on any atom is 0.245 e. The fraction of sp³-hybridized carbons (Fsp3) is 0.400. The largest absolute Gasteiger partial charge is 0.301 e. The van der Waals surface area contributed by atoms with E-state index in [4.69, 9.17) is 11.6 Å². The van der Waals surface area contributed by atoms with Crippen LogP contribution < -0.4 is 4.90 Å². The van der Waals surface area contributed by atoms with Crippen LogP contribution in [0.3, 0.4) is 0 Å². The van der Waals surface area contributed by atoms with E-state index in [-0.39, 0.29) is 11.4 Å². The van der Waals surface area contributed by atoms with Crippen molar-refractivity contribution >= 4 is 28.8 Å². The maximum absolute atomic E-state index is 12.3. The van der Waals surface area contributed by atoms with Gasteiger partial charge in [0.1, 0.15) is 5.38 Å². The standard InChI is InChI=1S/C15H18ClNO/c1-10-9-15(3,4)17(14(18)11(2)16)13-8-6-5-7-12(10)13/h5-9,11H,1-4H3/t11-/m1/s1. The molecule has 1 atom stereocenters. The minimum atomic E-state index is -0.524. The van der Waals surface area contributed by atoms with Crippen LogP contribution in [0, 0.1) is 0 Å². The number of fused-ring (bicyclic) bond motifs is 1. The SMILES string of the molecule is CC1=CC(C)(C)N(C(=O)[C@@H](C)Cl)c2ccccc21. The smallest absolute Gasteiger partial charge is 0.245 e. The van der Waals surface area contributed by atoms with Gasteiger partial charge >= 0.3 is 0 Å². The molecule has 1 amide bonds. The zero-order chi connectivity index (χ0) is 13.5. The molecule has 1 aromatic rings. The first kappa shape index (κ1) is 13.2. The highest BCUT2D eigenvalue weighted by Gasteiger charge is 2.36. The molecule has 1 aliphatic rings. The normalized spacial score (nSPS) is 18.9. The molecule has 0 saturated heterocycles. The summed E-state index contributed by atoms with van der Waals surface area (Å²) in [7, 11) is 0. The summed E-state index contributed by atoms with van der Waals surface area (Å²) in [6, 6.07) is 7.95. The van der Waals surface area contributed by atoms with Gasteiger partial charge in [-0.1, -0.05) is 24.3 Å². The zero-order valence-electron chi connectivity index (χ0n) is 11.2. The number of allylic oxidation sites excluding steroid dienone is 1. The third-order valence-electron chi connectivity index (χ3n) is 3.28. The Kier molecular flexibility index (Phi) is 3.24. The summed E-state index contributed by atoms with van der Waals surface area (Å²) in [6.07, 6.45) is 2.12. The molecule has 0 saturated carbocycles. The molecular weight excluding hydrogens is 246 g/mol. The number of nitrogens with zero attached hydrogens (tertiary/aromatic N) is 1. The van der Waals surface area contributed by atoms with Crippen molar-refractivity contribution < 1.29 is 4.79 Å². The predicted octanol–water partition coefficient (Wildman–Crippen LogP) is 3.84. The molecule has 1 aromatic carbocycles. The number of hydrogen-bond donors (Lipinski definition) is 0. The fourth-order valence-corrected chi connectivity index (χ4v) is 2.66. The Morgan fingerprint density at radius 1 is 1.33 bits per heavy atom. The van der Waals surface area contributed by atoms with Crippen molar-refractivity contribution in [2.45, 2.75) is 38.6 Å². The van der Waals surface area contributed by atoms with Crippen molar-refractivity contribution in [2.75, 3.05) is 4.90 Å². The van der Waals surface area contributed by atoms with Crippen molar-refractivity contribution in [1.82, 2.24) is 0 Å². The topological polar surface area (TPSA) is 20.3 Å². The average Bonchev–Trinajstić information content (AvgIpc) is 2.27. The molecule has 0 unspecified atom stereocenters. The van der Waals surface area contributed by atoms with Crippen LogP contribution in [-0.4, -0.2) is 16.8 Å². The lowest BCUT2D eigenvalue weighted by Gasteiger charge is -2.42. The number of carbonyl (C=O) groups excluding carboxylic acids is 1. The van der Waals surface area contributed by atoms with Crippen molar-refractivity contribution in [3.63, 3.8) is 0 Å². The Bertz CT molecular complexity index is 517. The summed E-state index contributed by atoms with van der Waals surface area (Å²) in [5, 5.41) is -0.524. The summed E-state index contributed by atoms with van der Waals surface area (Å²) >= 11 is 5.98. The van der Waals surface area contributed by atoms with E-state index < -0.39 is 5.38 Å². The van der Waals surface area contributed by atoms with Gasteiger partial charge in [-0.2, -0.15) is 0 Å². The molecule has 1 heterocycles. The van der Waals surface area contributed by atoms with Gasteiger partial charge in [0.25, 0.3) is 0 Å². The molecule has 0 fully saturated rings. The molecule has 0 aliphatic carbocycles. The summed E-state index contributed by atoms with van der Waals surface area (Å²) in [4.78, 5) is 14.1. The van der Waals surface area contributed by atoms with Gasteiger partial charge in [0.15, 0.2) is 0 Å². The highest BCUT2D eigenvalue weighted by molar-refractivity contribution is 6.33. The van der Waals surface area contributed by atoms with Crippen molar-refractivity contribution in [3.8, 4) is 0 Å². The third kappa shape index (κ3) is 2.05. The lowest BCUT2D eigenvalue weighted by Crippen LogP contribution is -2.51. The maximum atomic E-state index is 12.3. The summed E-state index contributed by atoms with van der Waals surface area (Å²) in [6.45, 7) is 7.85. The first-order valence-electron chi connectivity index (χ1n) is 6.11. The van der Waals surface area contributed by atoms with E-state index in [0.29, 0.717) is 0 Å². The second kappa shape index (κ2) is 4.43. The Morgan fingerprint density at radius 3 is 2.56 bits per heavy atom. The molecule has 0 N–H and O–H groups in total. The van der Waals surface area contributed by atoms with E-state index in [9.17, 15) is 4.79 Å². The van der Waals surface area contributed by atoms with Gasteiger partial charge in [0.2, 0.25) is 5.91 Å². The number of benzene rings is 1. The van der Waals surface area contributed by atoms with E-state index in [1.54, 1.807) is 11.8 Å². The number of halogens is 1. The van der Waals surface area contributed by atoms with Crippen molar-refractivity contribution in [2.24, 2.45) is 0 Å². The highest BCUT2D eigenvalue weighted by Crippen LogP contribution is 2.39. The molecule has 0 bridgehead atoms. The van der Waals surface area contributed by atoms with Gasteiger partial charge in [0.05, 0.1) is 11.2 Å². The zero-order valence-corrected chi connectivity index (χ0v) is 12.0. The van der Waals surface area contributed by atoms with Crippen molar-refractivity contribution in [1.29, 1.82) is 0 Å². The molecule has 0 aromatic heterocycles. The second-order valence-corrected chi connectivity index (χ2v) is 5.94. The number of hydrogen-bond acceptors (Lipinski definition) is 1. The lowest BCUT2D eigenvalue weighted by atomic mass is 9.88. The van der Waals surface area contributed by atoms with Crippen LogP contribution in [0.15, 0.2) is 30.3 Å². The number of rotatable bonds is 1. The van der Waals surface area contributed by atoms with Crippen LogP contribution in [0.4, 0.5) is 5.69 Å². The Hall–Kier alpha value is -1.28. The van der Waals surface area contributed by atoms with Gasteiger partial charge in [-0.05, 0) is 39.3 Å². The quantitative estimate of drug-likeness (QED) is 0.705. The second-order valence-electron chi connectivity index (χ2n) is 5.29. The summed E-state index contributed by atoms with van der Waals surface area (Å²) in [5.41, 5.74) is 2.89. The molecular formula is C15H18ClNO. The highest BCUT2D eigenvalue weighted by atomic mass is 35.5. The number of carbonyl (C=O) groups is 1. The Balaban J connectivity index is 2.61. The predicted molar refractivity (Wildman–Crippen MR) is 77.0 cm³/mol. The minimum absolute atomic E-state index is 0.0575. The monoisotopic (exact) mass is 263 g/mol. The molecule has 2 rings (SSSR count). The summed E-state index contributed by atoms with van der Waals surface area (Å²) in [5.74, 6) is -0.0575. The third-order valence-corrected chi connectivity index (χ3v) is 3.46. The lowest BCUT2D eigenvalue weighted by molar-refractivity contribution is -0.118. The number of amides is 1. The van der Waals surface area contributed by atoms with E-state index in [1.165, 1.54) is 5.57 Å². The van der Waals surface area contributed by atoms with Gasteiger partial charge in [-0.15, -0.1) is 11.6 Å². The fourth-order valence-electron chi connectivity index (χ4n) is 2.57. The van der Waals surface area contributed by atoms with Gasteiger partial charge in [-0.25, -0.2) is 0 Å². The Morgan fingerprint density at radius 2 is 1.94 bits per heavy atom. The molecule has 2 nitrogen and oxygen atoms in total. The number of anilines is 1. The van der Waals surface area contributed by atoms with Crippen LogP contribution in [0.5, 0.6) is 0 Å². The molecule has 1 aliphatic heterocycles. The van der Waals surface area contributed by atoms with E-state index in [2.05, 4.69) is 13.0 Å². The van der Waals surface area contributed by atoms with Crippen LogP contribution in [0.25, 0.3) is 5.57 Å². The van der Waals surface area contributed by atoms with Crippen LogP contribution >= 0.6 is 11.6 Å². The molecule has 96 valence electrons. The summed E-state index contributed by atoms with van der Waals surface area (Å²) < 4.78 is 0. The van der Waals surface area contributed by atoms with Crippen LogP contribution in [-0.2, 0) is 4.79 Å². The van der Waals surface area contributed by atoms with Crippen molar-refractivity contribution in [3.05, 3.63) is 35.9 Å². The minimum Gasteiger partial charge on any atom is -0.301 e. The van der Waals surface area contributed by atoms with Gasteiger partial charge < -0.3 is 4.90 Å². The first-order chi connectivity index (χ1) is 8.34.